The third kappa shape index (κ3) is 6.87. The molecule has 0 bridgehead atoms. The fourth-order valence-electron chi connectivity index (χ4n) is 2.40. The standard InChI is InChI=1S/C22H27N3OS/c1-16-10-8-9-13-18(16)23-21(27)25-20(22(2,3)4)24-19(26)15-14-17-11-6-5-7-12-17/h5-15,20H,1-4H3,(H,24,26)(H2,23,25,27)/b15-14+. The van der Waals surface area contributed by atoms with Gasteiger partial charge >= 0.3 is 0 Å². The molecule has 0 radical (unpaired) electrons. The molecule has 1 amide bonds. The quantitative estimate of drug-likeness (QED) is 0.406. The number of hydrogen-bond donors (Lipinski definition) is 3. The summed E-state index contributed by atoms with van der Waals surface area (Å²) in [5, 5.41) is 9.87. The Balaban J connectivity index is 2.00. The van der Waals surface area contributed by atoms with Gasteiger partial charge in [0.2, 0.25) is 5.91 Å². The molecule has 1 unspecified atom stereocenters. The van der Waals surface area contributed by atoms with Gasteiger partial charge in [-0.05, 0) is 42.4 Å². The molecule has 0 aliphatic rings. The van der Waals surface area contributed by atoms with E-state index in [0.29, 0.717) is 5.11 Å². The molecular weight excluding hydrogens is 354 g/mol. The number of hydrogen-bond acceptors (Lipinski definition) is 2. The van der Waals surface area contributed by atoms with Gasteiger partial charge in [0, 0.05) is 17.2 Å². The highest BCUT2D eigenvalue weighted by Crippen LogP contribution is 2.18. The molecule has 0 aromatic heterocycles. The van der Waals surface area contributed by atoms with Crippen LogP contribution >= 0.6 is 12.2 Å². The zero-order valence-corrected chi connectivity index (χ0v) is 17.1. The maximum atomic E-state index is 12.4. The fourth-order valence-corrected chi connectivity index (χ4v) is 2.63. The zero-order chi connectivity index (χ0) is 19.9. The van der Waals surface area contributed by atoms with E-state index in [9.17, 15) is 4.79 Å². The van der Waals surface area contributed by atoms with Crippen LogP contribution in [0.1, 0.15) is 31.9 Å². The van der Waals surface area contributed by atoms with Crippen molar-refractivity contribution in [2.45, 2.75) is 33.9 Å². The van der Waals surface area contributed by atoms with Gasteiger partial charge in [0.25, 0.3) is 0 Å². The first-order chi connectivity index (χ1) is 12.8. The minimum atomic E-state index is -0.325. The van der Waals surface area contributed by atoms with Crippen LogP contribution in [0, 0.1) is 12.3 Å². The van der Waals surface area contributed by atoms with E-state index in [-0.39, 0.29) is 17.5 Å². The number of rotatable bonds is 5. The Labute approximate surface area is 167 Å². The van der Waals surface area contributed by atoms with Gasteiger partial charge < -0.3 is 16.0 Å². The van der Waals surface area contributed by atoms with Crippen molar-refractivity contribution in [3.63, 3.8) is 0 Å². The first-order valence-corrected chi connectivity index (χ1v) is 9.33. The molecule has 2 aromatic carbocycles. The van der Waals surface area contributed by atoms with Crippen molar-refractivity contribution in [3.05, 3.63) is 71.8 Å². The van der Waals surface area contributed by atoms with E-state index in [1.165, 1.54) is 6.08 Å². The van der Waals surface area contributed by atoms with E-state index in [2.05, 4.69) is 16.0 Å². The summed E-state index contributed by atoms with van der Waals surface area (Å²) < 4.78 is 0. The maximum Gasteiger partial charge on any atom is 0.245 e. The molecule has 0 spiro atoms. The summed E-state index contributed by atoms with van der Waals surface area (Å²) in [4.78, 5) is 12.4. The second kappa shape index (κ2) is 9.33. The summed E-state index contributed by atoms with van der Waals surface area (Å²) in [6, 6.07) is 17.6. The minimum Gasteiger partial charge on any atom is -0.342 e. The number of aryl methyl sites for hydroxylation is 1. The SMILES string of the molecule is Cc1ccccc1NC(=S)NC(NC(=O)/C=C/c1ccccc1)C(C)(C)C. The van der Waals surface area contributed by atoms with Crippen LogP contribution in [0.15, 0.2) is 60.7 Å². The molecule has 3 N–H and O–H groups in total. The molecule has 0 fully saturated rings. The largest absolute Gasteiger partial charge is 0.342 e. The Morgan fingerprint density at radius 1 is 1.00 bits per heavy atom. The van der Waals surface area contributed by atoms with E-state index in [4.69, 9.17) is 12.2 Å². The van der Waals surface area contributed by atoms with Crippen molar-refractivity contribution in [3.8, 4) is 0 Å². The van der Waals surface area contributed by atoms with E-state index in [1.807, 2.05) is 82.3 Å². The lowest BCUT2D eigenvalue weighted by Gasteiger charge is -2.33. The highest BCUT2D eigenvalue weighted by atomic mass is 32.1. The van der Waals surface area contributed by atoms with Crippen LogP contribution in [-0.2, 0) is 4.79 Å². The van der Waals surface area contributed by atoms with E-state index in [1.54, 1.807) is 6.08 Å². The molecule has 0 aliphatic carbocycles. The Bertz CT molecular complexity index is 810. The Morgan fingerprint density at radius 3 is 2.26 bits per heavy atom. The van der Waals surface area contributed by atoms with Crippen LogP contribution in [0.3, 0.4) is 0 Å². The zero-order valence-electron chi connectivity index (χ0n) is 16.2. The third-order valence-corrected chi connectivity index (χ3v) is 4.27. The number of nitrogens with one attached hydrogen (secondary N) is 3. The van der Waals surface area contributed by atoms with Crippen molar-refractivity contribution in [1.82, 2.24) is 10.6 Å². The molecule has 27 heavy (non-hydrogen) atoms. The first-order valence-electron chi connectivity index (χ1n) is 8.92. The number of amides is 1. The van der Waals surface area contributed by atoms with Crippen molar-refractivity contribution < 1.29 is 4.79 Å². The average Bonchev–Trinajstić information content (AvgIpc) is 2.61. The van der Waals surface area contributed by atoms with E-state index < -0.39 is 0 Å². The number of carbonyl (C=O) groups is 1. The van der Waals surface area contributed by atoms with E-state index in [0.717, 1.165) is 16.8 Å². The molecule has 4 nitrogen and oxygen atoms in total. The molecule has 142 valence electrons. The summed E-state index contributed by atoms with van der Waals surface area (Å²) in [5.74, 6) is -0.176. The van der Waals surface area contributed by atoms with Gasteiger partial charge in [-0.3, -0.25) is 4.79 Å². The molecule has 5 heteroatoms. The lowest BCUT2D eigenvalue weighted by Crippen LogP contribution is -2.55. The van der Waals surface area contributed by atoms with E-state index >= 15 is 0 Å². The highest BCUT2D eigenvalue weighted by molar-refractivity contribution is 7.80. The normalized spacial score (nSPS) is 12.4. The summed E-state index contributed by atoms with van der Waals surface area (Å²) in [5.41, 5.74) is 2.79. The van der Waals surface area contributed by atoms with Gasteiger partial charge in [0.1, 0.15) is 6.17 Å². The van der Waals surface area contributed by atoms with Crippen LogP contribution in [-0.4, -0.2) is 17.2 Å². The van der Waals surface area contributed by atoms with Crippen LogP contribution in [0.25, 0.3) is 6.08 Å². The third-order valence-electron chi connectivity index (χ3n) is 4.05. The summed E-state index contributed by atoms with van der Waals surface area (Å²) >= 11 is 5.44. The molecule has 0 aliphatic heterocycles. The number of thiocarbonyl (C=S) groups is 1. The number of benzene rings is 2. The van der Waals surface area contributed by atoms with Crippen LogP contribution in [0.2, 0.25) is 0 Å². The number of anilines is 1. The predicted molar refractivity (Wildman–Crippen MR) is 117 cm³/mol. The summed E-state index contributed by atoms with van der Waals surface area (Å²) in [6.07, 6.45) is 3.00. The lowest BCUT2D eigenvalue weighted by atomic mass is 9.92. The average molecular weight is 382 g/mol. The van der Waals surface area contributed by atoms with Crippen molar-refractivity contribution in [1.29, 1.82) is 0 Å². The molecule has 0 saturated carbocycles. The Kier molecular flexibility index (Phi) is 7.13. The second-order valence-corrected chi connectivity index (χ2v) is 7.87. The predicted octanol–water partition coefficient (Wildman–Crippen LogP) is 4.48. The van der Waals surface area contributed by atoms with Gasteiger partial charge in [-0.15, -0.1) is 0 Å². The molecule has 0 heterocycles. The fraction of sp³-hybridized carbons (Fsp3) is 0.273. The van der Waals surface area contributed by atoms with Gasteiger partial charge in [0.05, 0.1) is 0 Å². The Morgan fingerprint density at radius 2 is 1.63 bits per heavy atom. The monoisotopic (exact) mass is 381 g/mol. The van der Waals surface area contributed by atoms with Crippen LogP contribution in [0.4, 0.5) is 5.69 Å². The minimum absolute atomic E-state index is 0.176. The number of para-hydroxylation sites is 1. The topological polar surface area (TPSA) is 53.2 Å². The highest BCUT2D eigenvalue weighted by Gasteiger charge is 2.26. The molecule has 0 saturated heterocycles. The molecule has 1 atom stereocenters. The maximum absolute atomic E-state index is 12.4. The molecule has 2 aromatic rings. The summed E-state index contributed by atoms with van der Waals surface area (Å²) in [7, 11) is 0. The Hall–Kier alpha value is -2.66. The second-order valence-electron chi connectivity index (χ2n) is 7.47. The van der Waals surface area contributed by atoms with Crippen molar-refractivity contribution in [2.24, 2.45) is 5.41 Å². The van der Waals surface area contributed by atoms with Crippen LogP contribution < -0.4 is 16.0 Å². The van der Waals surface area contributed by atoms with Crippen molar-refractivity contribution >= 4 is 35.0 Å². The number of carbonyl (C=O) groups excluding carboxylic acids is 1. The first kappa shape index (κ1) is 20.6. The van der Waals surface area contributed by atoms with Gasteiger partial charge in [-0.1, -0.05) is 69.3 Å². The molecular formula is C22H27N3OS. The van der Waals surface area contributed by atoms with Crippen LogP contribution in [0.5, 0.6) is 0 Å². The summed E-state index contributed by atoms with van der Waals surface area (Å²) in [6.45, 7) is 8.15. The van der Waals surface area contributed by atoms with Gasteiger partial charge in [-0.25, -0.2) is 0 Å². The van der Waals surface area contributed by atoms with Crippen molar-refractivity contribution in [2.75, 3.05) is 5.32 Å². The molecule has 2 rings (SSSR count). The van der Waals surface area contributed by atoms with Gasteiger partial charge in [-0.2, -0.15) is 0 Å². The van der Waals surface area contributed by atoms with Gasteiger partial charge in [0.15, 0.2) is 5.11 Å². The smallest absolute Gasteiger partial charge is 0.245 e. The lowest BCUT2D eigenvalue weighted by molar-refractivity contribution is -0.118.